The number of rotatable bonds is 7. The Morgan fingerprint density at radius 3 is 2.89 bits per heavy atom. The first-order valence-corrected chi connectivity index (χ1v) is 6.16. The molecule has 104 valence electrons. The van der Waals surface area contributed by atoms with Gasteiger partial charge in [0.1, 0.15) is 0 Å². The third-order valence-corrected chi connectivity index (χ3v) is 2.57. The smallest absolute Gasteiger partial charge is 0.303 e. The summed E-state index contributed by atoms with van der Waals surface area (Å²) in [5, 5.41) is 15.3. The fourth-order valence-corrected chi connectivity index (χ4v) is 1.62. The summed E-state index contributed by atoms with van der Waals surface area (Å²) in [5.74, 6) is -0.998. The Hall–Kier alpha value is -2.11. The van der Waals surface area contributed by atoms with Crippen molar-refractivity contribution in [3.63, 3.8) is 0 Å². The topological polar surface area (TPSA) is 84.2 Å². The Kier molecular flexibility index (Phi) is 5.78. The third kappa shape index (κ3) is 6.40. The number of nitrogens with one attached hydrogen (secondary N) is 1. The van der Waals surface area contributed by atoms with Crippen LogP contribution in [0.25, 0.3) is 6.08 Å². The van der Waals surface area contributed by atoms with Gasteiger partial charge in [-0.3, -0.25) is 14.3 Å². The van der Waals surface area contributed by atoms with E-state index in [-0.39, 0.29) is 18.4 Å². The van der Waals surface area contributed by atoms with Crippen LogP contribution in [0.3, 0.4) is 0 Å². The number of hydrogen-bond acceptors (Lipinski definition) is 3. The molecule has 19 heavy (non-hydrogen) atoms. The highest BCUT2D eigenvalue weighted by atomic mass is 16.4. The lowest BCUT2D eigenvalue weighted by Crippen LogP contribution is -2.31. The highest BCUT2D eigenvalue weighted by Crippen LogP contribution is 2.02. The molecule has 0 saturated heterocycles. The average molecular weight is 265 g/mol. The van der Waals surface area contributed by atoms with Crippen LogP contribution in [0.1, 0.15) is 31.7 Å². The SMILES string of the molecule is CC(CCCC(=O)O)NC(=O)/C=C/c1cnn(C)c1. The highest BCUT2D eigenvalue weighted by Gasteiger charge is 2.06. The summed E-state index contributed by atoms with van der Waals surface area (Å²) in [6.07, 6.45) is 7.95. The van der Waals surface area contributed by atoms with Gasteiger partial charge in [0.25, 0.3) is 0 Å². The molecule has 6 nitrogen and oxygen atoms in total. The summed E-state index contributed by atoms with van der Waals surface area (Å²) in [5.41, 5.74) is 0.858. The van der Waals surface area contributed by atoms with Crippen LogP contribution in [0.15, 0.2) is 18.5 Å². The lowest BCUT2D eigenvalue weighted by molar-refractivity contribution is -0.137. The van der Waals surface area contributed by atoms with Gasteiger partial charge in [-0.15, -0.1) is 0 Å². The molecule has 0 fully saturated rings. The van der Waals surface area contributed by atoms with Gasteiger partial charge in [0.05, 0.1) is 6.20 Å². The summed E-state index contributed by atoms with van der Waals surface area (Å²) in [7, 11) is 1.81. The number of hydrogen-bond donors (Lipinski definition) is 2. The molecule has 0 spiro atoms. The number of carboxylic acid groups (broad SMARTS) is 1. The van der Waals surface area contributed by atoms with E-state index in [1.54, 1.807) is 23.2 Å². The van der Waals surface area contributed by atoms with Gasteiger partial charge in [-0.1, -0.05) is 0 Å². The molecular formula is C13H19N3O3. The van der Waals surface area contributed by atoms with Crippen LogP contribution in [0.4, 0.5) is 0 Å². The largest absolute Gasteiger partial charge is 0.481 e. The first-order chi connectivity index (χ1) is 8.97. The van der Waals surface area contributed by atoms with E-state index in [4.69, 9.17) is 5.11 Å². The fraction of sp³-hybridized carbons (Fsp3) is 0.462. The van der Waals surface area contributed by atoms with Gasteiger partial charge in [-0.25, -0.2) is 0 Å². The first-order valence-electron chi connectivity index (χ1n) is 6.16. The van der Waals surface area contributed by atoms with Crippen LogP contribution in [-0.4, -0.2) is 32.8 Å². The van der Waals surface area contributed by atoms with Gasteiger partial charge in [0, 0.05) is 37.3 Å². The third-order valence-electron chi connectivity index (χ3n) is 2.57. The molecule has 1 atom stereocenters. The minimum absolute atomic E-state index is 0.0367. The highest BCUT2D eigenvalue weighted by molar-refractivity contribution is 5.91. The van der Waals surface area contributed by atoms with Crippen molar-refractivity contribution in [1.82, 2.24) is 15.1 Å². The minimum atomic E-state index is -0.810. The molecule has 0 aliphatic rings. The van der Waals surface area contributed by atoms with E-state index >= 15 is 0 Å². The number of aryl methyl sites for hydroxylation is 1. The Morgan fingerprint density at radius 2 is 2.32 bits per heavy atom. The summed E-state index contributed by atoms with van der Waals surface area (Å²) in [6, 6.07) is -0.0367. The fourth-order valence-electron chi connectivity index (χ4n) is 1.62. The van der Waals surface area contributed by atoms with Gasteiger partial charge in [0.2, 0.25) is 5.91 Å². The monoisotopic (exact) mass is 265 g/mol. The zero-order valence-corrected chi connectivity index (χ0v) is 11.2. The van der Waals surface area contributed by atoms with Crippen molar-refractivity contribution in [3.05, 3.63) is 24.0 Å². The molecule has 2 N–H and O–H groups in total. The Morgan fingerprint density at radius 1 is 1.58 bits per heavy atom. The van der Waals surface area contributed by atoms with Crippen molar-refractivity contribution in [3.8, 4) is 0 Å². The van der Waals surface area contributed by atoms with Crippen LogP contribution in [-0.2, 0) is 16.6 Å². The maximum absolute atomic E-state index is 11.6. The lowest BCUT2D eigenvalue weighted by Gasteiger charge is -2.11. The molecule has 1 aromatic heterocycles. The molecule has 1 rings (SSSR count). The van der Waals surface area contributed by atoms with Crippen molar-refractivity contribution in [1.29, 1.82) is 0 Å². The average Bonchev–Trinajstić information content (AvgIpc) is 2.72. The van der Waals surface area contributed by atoms with Crippen molar-refractivity contribution in [2.24, 2.45) is 7.05 Å². The predicted molar refractivity (Wildman–Crippen MR) is 71.3 cm³/mol. The van der Waals surface area contributed by atoms with Gasteiger partial charge >= 0.3 is 5.97 Å². The standard InChI is InChI=1S/C13H19N3O3/c1-10(4-3-5-13(18)19)15-12(17)7-6-11-8-14-16(2)9-11/h6-10H,3-5H2,1-2H3,(H,15,17)(H,18,19)/b7-6+. The van der Waals surface area contributed by atoms with E-state index in [0.29, 0.717) is 12.8 Å². The van der Waals surface area contributed by atoms with E-state index < -0.39 is 5.97 Å². The number of carbonyl (C=O) groups excluding carboxylic acids is 1. The maximum atomic E-state index is 11.6. The molecule has 6 heteroatoms. The quantitative estimate of drug-likeness (QED) is 0.725. The predicted octanol–water partition coefficient (Wildman–Crippen LogP) is 1.19. The zero-order chi connectivity index (χ0) is 14.3. The molecule has 1 amide bonds. The normalized spacial score (nSPS) is 12.5. The number of aliphatic carboxylic acids is 1. The van der Waals surface area contributed by atoms with E-state index in [9.17, 15) is 9.59 Å². The van der Waals surface area contributed by atoms with Gasteiger partial charge in [-0.2, -0.15) is 5.10 Å². The second kappa shape index (κ2) is 7.35. The Labute approximate surface area is 112 Å². The van der Waals surface area contributed by atoms with E-state index in [1.165, 1.54) is 6.08 Å². The molecule has 0 aromatic carbocycles. The first kappa shape index (κ1) is 14.9. The molecule has 1 aromatic rings. The molecular weight excluding hydrogens is 246 g/mol. The van der Waals surface area contributed by atoms with Crippen molar-refractivity contribution < 1.29 is 14.7 Å². The second-order valence-electron chi connectivity index (χ2n) is 4.48. The zero-order valence-electron chi connectivity index (χ0n) is 11.2. The Bertz CT molecular complexity index is 465. The van der Waals surface area contributed by atoms with Gasteiger partial charge < -0.3 is 10.4 Å². The Balaban J connectivity index is 2.30. The lowest BCUT2D eigenvalue weighted by atomic mass is 10.1. The summed E-state index contributed by atoms with van der Waals surface area (Å²) in [4.78, 5) is 21.9. The molecule has 0 bridgehead atoms. The summed E-state index contributed by atoms with van der Waals surface area (Å²) in [6.45, 7) is 1.86. The second-order valence-corrected chi connectivity index (χ2v) is 4.48. The number of nitrogens with zero attached hydrogens (tertiary/aromatic N) is 2. The number of carbonyl (C=O) groups is 2. The van der Waals surface area contributed by atoms with Crippen molar-refractivity contribution in [2.75, 3.05) is 0 Å². The minimum Gasteiger partial charge on any atom is -0.481 e. The number of carboxylic acids is 1. The molecule has 0 radical (unpaired) electrons. The summed E-state index contributed by atoms with van der Waals surface area (Å²) >= 11 is 0. The molecule has 0 aliphatic carbocycles. The van der Waals surface area contributed by atoms with Gasteiger partial charge in [-0.05, 0) is 25.8 Å². The van der Waals surface area contributed by atoms with E-state index in [2.05, 4.69) is 10.4 Å². The van der Waals surface area contributed by atoms with E-state index in [1.807, 2.05) is 14.0 Å². The number of aromatic nitrogens is 2. The van der Waals surface area contributed by atoms with Crippen LogP contribution in [0.2, 0.25) is 0 Å². The summed E-state index contributed by atoms with van der Waals surface area (Å²) < 4.78 is 1.66. The molecule has 0 aliphatic heterocycles. The van der Waals surface area contributed by atoms with Crippen LogP contribution in [0, 0.1) is 0 Å². The van der Waals surface area contributed by atoms with Crippen LogP contribution < -0.4 is 5.32 Å². The maximum Gasteiger partial charge on any atom is 0.303 e. The van der Waals surface area contributed by atoms with Gasteiger partial charge in [0.15, 0.2) is 0 Å². The van der Waals surface area contributed by atoms with Crippen molar-refractivity contribution in [2.45, 2.75) is 32.2 Å². The van der Waals surface area contributed by atoms with Crippen LogP contribution >= 0.6 is 0 Å². The molecule has 0 saturated carbocycles. The van der Waals surface area contributed by atoms with E-state index in [0.717, 1.165) is 5.56 Å². The van der Waals surface area contributed by atoms with Crippen LogP contribution in [0.5, 0.6) is 0 Å². The van der Waals surface area contributed by atoms with Crippen molar-refractivity contribution >= 4 is 18.0 Å². The molecule has 1 heterocycles. The number of amides is 1. The molecule has 1 unspecified atom stereocenters.